The number of esters is 1. The van der Waals surface area contributed by atoms with Crippen LogP contribution >= 0.6 is 0 Å². The summed E-state index contributed by atoms with van der Waals surface area (Å²) < 4.78 is 8.94. The second-order valence-electron chi connectivity index (χ2n) is 9.49. The van der Waals surface area contributed by atoms with Gasteiger partial charge in [-0.1, -0.05) is 48.5 Å². The molecule has 0 radical (unpaired) electrons. The maximum atomic E-state index is 12.0. The molecule has 0 aliphatic rings. The Morgan fingerprint density at radius 1 is 0.769 bits per heavy atom. The highest BCUT2D eigenvalue weighted by Gasteiger charge is 2.11. The van der Waals surface area contributed by atoms with Crippen LogP contribution in [-0.2, 0) is 17.8 Å². The lowest BCUT2D eigenvalue weighted by Gasteiger charge is -2.10. The van der Waals surface area contributed by atoms with Crippen LogP contribution in [0.2, 0.25) is 0 Å². The minimum Gasteiger partial charge on any atom is -0.478 e. The highest BCUT2D eigenvalue weighted by molar-refractivity contribution is 5.90. The van der Waals surface area contributed by atoms with Crippen molar-refractivity contribution in [2.24, 2.45) is 0 Å². The number of hydrogen-bond acceptors (Lipinski definition) is 4. The van der Waals surface area contributed by atoms with E-state index in [1.165, 1.54) is 7.11 Å². The highest BCUT2D eigenvalue weighted by atomic mass is 16.5. The van der Waals surface area contributed by atoms with E-state index in [0.717, 1.165) is 44.1 Å². The highest BCUT2D eigenvalue weighted by Crippen LogP contribution is 2.29. The number of aromatic carboxylic acids is 1. The number of nitrogens with zero attached hydrogens (tertiary/aromatic N) is 3. The van der Waals surface area contributed by atoms with Gasteiger partial charge in [-0.2, -0.15) is 5.10 Å². The number of hydrogen-bond donors (Lipinski definition) is 1. The minimum absolute atomic E-state index is 0.262. The predicted octanol–water partition coefficient (Wildman–Crippen LogP) is 6.24. The fraction of sp³-hybridized carbons (Fsp3) is 0.0938. The summed E-state index contributed by atoms with van der Waals surface area (Å²) in [6, 6.07) is 29.2. The third-order valence-electron chi connectivity index (χ3n) is 6.96. The fourth-order valence-corrected chi connectivity index (χ4v) is 4.96. The van der Waals surface area contributed by atoms with Crippen LogP contribution < -0.4 is 0 Å². The Labute approximate surface area is 224 Å². The van der Waals surface area contributed by atoms with Gasteiger partial charge in [0.1, 0.15) is 0 Å². The van der Waals surface area contributed by atoms with Crippen LogP contribution in [0.5, 0.6) is 0 Å². The van der Waals surface area contributed by atoms with Gasteiger partial charge in [-0.25, -0.2) is 9.59 Å². The molecule has 6 rings (SSSR count). The van der Waals surface area contributed by atoms with Gasteiger partial charge < -0.3 is 14.4 Å². The molecule has 192 valence electrons. The Balaban J connectivity index is 1.32. The first-order valence-corrected chi connectivity index (χ1v) is 12.5. The molecule has 7 heteroatoms. The van der Waals surface area contributed by atoms with Crippen LogP contribution in [0.1, 0.15) is 31.8 Å². The molecule has 0 fully saturated rings. The van der Waals surface area contributed by atoms with Gasteiger partial charge in [-0.3, -0.25) is 4.68 Å². The number of carboxylic acids is 1. The van der Waals surface area contributed by atoms with Gasteiger partial charge in [0, 0.05) is 23.6 Å². The molecule has 0 aliphatic carbocycles. The van der Waals surface area contributed by atoms with Gasteiger partial charge in [-0.15, -0.1) is 0 Å². The number of rotatable bonds is 7. The zero-order valence-electron chi connectivity index (χ0n) is 21.2. The molecule has 0 amide bonds. The van der Waals surface area contributed by atoms with Crippen LogP contribution in [0.4, 0.5) is 0 Å². The first-order valence-electron chi connectivity index (χ1n) is 12.5. The van der Waals surface area contributed by atoms with E-state index in [2.05, 4.69) is 58.3 Å². The number of carbonyl (C=O) groups excluding carboxylic acids is 1. The maximum absolute atomic E-state index is 12.0. The Morgan fingerprint density at radius 2 is 1.44 bits per heavy atom. The number of carboxylic acid groups (broad SMARTS) is 1. The number of benzene rings is 4. The molecule has 0 aliphatic heterocycles. The smallest absolute Gasteiger partial charge is 0.337 e. The van der Waals surface area contributed by atoms with E-state index in [1.54, 1.807) is 24.3 Å². The molecule has 7 nitrogen and oxygen atoms in total. The molecule has 2 heterocycles. The van der Waals surface area contributed by atoms with E-state index in [4.69, 9.17) is 4.74 Å². The van der Waals surface area contributed by atoms with Crippen LogP contribution in [-0.4, -0.2) is 38.5 Å². The van der Waals surface area contributed by atoms with Gasteiger partial charge in [0.15, 0.2) is 0 Å². The Morgan fingerprint density at radius 3 is 2.18 bits per heavy atom. The Hall–Kier alpha value is -5.17. The number of aromatic nitrogens is 3. The van der Waals surface area contributed by atoms with Crippen molar-refractivity contribution in [1.82, 2.24) is 14.3 Å². The van der Waals surface area contributed by atoms with E-state index in [0.29, 0.717) is 18.7 Å². The SMILES string of the molecule is COC(=O)c1cccc(Cn2ccc3ccc(-c4ccc5cnn(Cc6cccc(C(=O)O)c6)c5c4)cc32)c1. The third-order valence-corrected chi connectivity index (χ3v) is 6.96. The maximum Gasteiger partial charge on any atom is 0.337 e. The van der Waals surface area contributed by atoms with Crippen LogP contribution in [0.15, 0.2) is 103 Å². The summed E-state index contributed by atoms with van der Waals surface area (Å²) in [7, 11) is 1.39. The molecule has 1 N–H and O–H groups in total. The molecule has 0 spiro atoms. The minimum atomic E-state index is -0.944. The molecule has 0 saturated carbocycles. The summed E-state index contributed by atoms with van der Waals surface area (Å²) in [6.45, 7) is 1.10. The van der Waals surface area contributed by atoms with Gasteiger partial charge >= 0.3 is 11.9 Å². The van der Waals surface area contributed by atoms with E-state index >= 15 is 0 Å². The zero-order chi connectivity index (χ0) is 26.9. The van der Waals surface area contributed by atoms with Crippen molar-refractivity contribution in [3.8, 4) is 11.1 Å². The summed E-state index contributed by atoms with van der Waals surface area (Å²) in [5.74, 6) is -1.29. The molecular formula is C32H25N3O4. The first-order chi connectivity index (χ1) is 19.0. The second-order valence-corrected chi connectivity index (χ2v) is 9.49. The second kappa shape index (κ2) is 9.95. The normalized spacial score (nSPS) is 11.2. The van der Waals surface area contributed by atoms with Crippen molar-refractivity contribution in [2.75, 3.05) is 7.11 Å². The van der Waals surface area contributed by atoms with Gasteiger partial charge in [-0.05, 0) is 70.1 Å². The molecule has 2 aromatic heterocycles. The topological polar surface area (TPSA) is 86.4 Å². The van der Waals surface area contributed by atoms with Crippen LogP contribution in [0.3, 0.4) is 0 Å². The average molecular weight is 516 g/mol. The first kappa shape index (κ1) is 24.2. The Bertz CT molecular complexity index is 1860. The molecule has 0 atom stereocenters. The van der Waals surface area contributed by atoms with E-state index in [9.17, 15) is 14.7 Å². The summed E-state index contributed by atoms with van der Waals surface area (Å²) in [5.41, 5.74) is 6.89. The molecule has 6 aromatic rings. The summed E-state index contributed by atoms with van der Waals surface area (Å²) in [5, 5.41) is 16.0. The quantitative estimate of drug-likeness (QED) is 0.254. The summed E-state index contributed by atoms with van der Waals surface area (Å²) in [4.78, 5) is 23.3. The van der Waals surface area contributed by atoms with Crippen molar-refractivity contribution in [3.05, 3.63) is 126 Å². The lowest BCUT2D eigenvalue weighted by Crippen LogP contribution is -2.04. The molecule has 0 saturated heterocycles. The van der Waals surface area contributed by atoms with Gasteiger partial charge in [0.05, 0.1) is 36.5 Å². The summed E-state index contributed by atoms with van der Waals surface area (Å²) in [6.07, 6.45) is 3.89. The van der Waals surface area contributed by atoms with E-state index in [-0.39, 0.29) is 11.5 Å². The van der Waals surface area contributed by atoms with Crippen LogP contribution in [0, 0.1) is 0 Å². The van der Waals surface area contributed by atoms with Crippen molar-refractivity contribution < 1.29 is 19.4 Å². The van der Waals surface area contributed by atoms with E-state index < -0.39 is 5.97 Å². The van der Waals surface area contributed by atoms with Crippen LogP contribution in [0.25, 0.3) is 32.9 Å². The lowest BCUT2D eigenvalue weighted by molar-refractivity contribution is 0.0599. The van der Waals surface area contributed by atoms with Crippen molar-refractivity contribution in [2.45, 2.75) is 13.1 Å². The number of ether oxygens (including phenoxy) is 1. The molecule has 0 unspecified atom stereocenters. The summed E-state index contributed by atoms with van der Waals surface area (Å²) >= 11 is 0. The number of fused-ring (bicyclic) bond motifs is 2. The Kier molecular flexibility index (Phi) is 6.17. The standard InChI is InChI=1S/C32H25N3O4/c1-39-32(38)27-7-3-4-21(15-27)19-34-13-12-23-8-9-24(16-29(23)34)25-10-11-28-18-33-35(30(28)17-25)20-22-5-2-6-26(14-22)31(36)37/h2-18H,19-20H2,1H3,(H,36,37). The molecule has 0 bridgehead atoms. The molecule has 39 heavy (non-hydrogen) atoms. The zero-order valence-corrected chi connectivity index (χ0v) is 21.2. The molecular weight excluding hydrogens is 490 g/mol. The average Bonchev–Trinajstić information content (AvgIpc) is 3.56. The van der Waals surface area contributed by atoms with Gasteiger partial charge in [0.25, 0.3) is 0 Å². The number of carbonyl (C=O) groups is 2. The molecule has 4 aromatic carbocycles. The fourth-order valence-electron chi connectivity index (χ4n) is 4.96. The van der Waals surface area contributed by atoms with Gasteiger partial charge in [0.2, 0.25) is 0 Å². The number of methoxy groups -OCH3 is 1. The van der Waals surface area contributed by atoms with Crippen molar-refractivity contribution in [1.29, 1.82) is 0 Å². The van der Waals surface area contributed by atoms with Crippen molar-refractivity contribution in [3.63, 3.8) is 0 Å². The van der Waals surface area contributed by atoms with E-state index in [1.807, 2.05) is 35.1 Å². The third kappa shape index (κ3) is 4.78. The predicted molar refractivity (Wildman–Crippen MR) is 150 cm³/mol. The lowest BCUT2D eigenvalue weighted by atomic mass is 10.0. The largest absolute Gasteiger partial charge is 0.478 e. The monoisotopic (exact) mass is 515 g/mol. The van der Waals surface area contributed by atoms with Crippen molar-refractivity contribution >= 4 is 33.7 Å².